The van der Waals surface area contributed by atoms with Gasteiger partial charge in [0.05, 0.1) is 28.5 Å². The minimum atomic E-state index is 0.507. The molecule has 3 heterocycles. The van der Waals surface area contributed by atoms with E-state index < -0.39 is 0 Å². The van der Waals surface area contributed by atoms with Crippen LogP contribution in [0.2, 0.25) is 10.0 Å². The number of hydrogen-bond acceptors (Lipinski definition) is 8. The highest BCUT2D eigenvalue weighted by Crippen LogP contribution is 2.29. The van der Waals surface area contributed by atoms with Gasteiger partial charge in [-0.3, -0.25) is 5.43 Å². The summed E-state index contributed by atoms with van der Waals surface area (Å²) in [6.45, 7) is 5.77. The fourth-order valence-corrected chi connectivity index (χ4v) is 4.36. The van der Waals surface area contributed by atoms with Gasteiger partial charge in [0.25, 0.3) is 0 Å². The topological polar surface area (TPSA) is 108 Å². The van der Waals surface area contributed by atoms with Gasteiger partial charge in [-0.1, -0.05) is 40.9 Å². The Morgan fingerprint density at radius 3 is 1.50 bits per heavy atom. The minimum absolute atomic E-state index is 0.507. The van der Waals surface area contributed by atoms with E-state index in [4.69, 9.17) is 38.3 Å². The molecule has 0 unspecified atom stereocenters. The van der Waals surface area contributed by atoms with Gasteiger partial charge in [0.2, 0.25) is 0 Å². The molecule has 0 atom stereocenters. The quantitative estimate of drug-likeness (QED) is 0.161. The minimum Gasteiger partial charge on any atom is -0.278 e. The summed E-state index contributed by atoms with van der Waals surface area (Å²) < 4.78 is 3.60. The molecular weight excluding hydrogens is 547 g/mol. The second-order valence-electron chi connectivity index (χ2n) is 9.10. The Labute approximate surface area is 238 Å². The average Bonchev–Trinajstić information content (AvgIpc) is 3.53. The number of anilines is 1. The molecule has 0 bridgehead atoms. The van der Waals surface area contributed by atoms with Gasteiger partial charge >= 0.3 is 0 Å². The van der Waals surface area contributed by atoms with Crippen molar-refractivity contribution in [2.45, 2.75) is 20.8 Å². The molecule has 0 fully saturated rings. The molecule has 6 rings (SSSR count). The normalized spacial score (nSPS) is 11.9. The zero-order valence-electron chi connectivity index (χ0n) is 21.7. The SMILES string of the molecule is Cc1ccc(NN=c2c3nc(C)c(N=Nc4ccc(Cl)cc4)n3n3c(N=Nc4ccc(Cl)cc4)c(C)nc23)cc1. The third-order valence-corrected chi connectivity index (χ3v) is 6.65. The lowest BCUT2D eigenvalue weighted by Gasteiger charge is -1.99. The molecule has 0 aliphatic carbocycles. The van der Waals surface area contributed by atoms with Crippen LogP contribution in [0.4, 0.5) is 28.7 Å². The number of hydrogen-bond donors (Lipinski definition) is 1. The second kappa shape index (κ2) is 10.5. The third kappa shape index (κ3) is 4.90. The summed E-state index contributed by atoms with van der Waals surface area (Å²) >= 11 is 12.1. The predicted octanol–water partition coefficient (Wildman–Crippen LogP) is 8.41. The van der Waals surface area contributed by atoms with Gasteiger partial charge in [-0.25, -0.2) is 19.0 Å². The Morgan fingerprint density at radius 1 is 0.600 bits per heavy atom. The number of rotatable bonds is 6. The first-order valence-corrected chi connectivity index (χ1v) is 13.1. The van der Waals surface area contributed by atoms with E-state index in [1.165, 1.54) is 0 Å². The standard InChI is InChI=1S/C28H22Cl2N10/c1-16-4-10-21(11-5-16)33-36-24-27-31-17(2)25(37-34-22-12-6-19(29)7-13-22)39(27)40-26(18(3)32-28(24)40)38-35-23-14-8-20(30)9-15-23/h4-15,33H,1-3H3. The van der Waals surface area contributed by atoms with Crippen molar-refractivity contribution >= 4 is 63.2 Å². The zero-order chi connectivity index (χ0) is 27.8. The van der Waals surface area contributed by atoms with Crippen LogP contribution in [0, 0.1) is 20.8 Å². The molecule has 6 aromatic rings. The molecule has 3 aromatic heterocycles. The van der Waals surface area contributed by atoms with Crippen LogP contribution in [0.25, 0.3) is 11.3 Å². The highest BCUT2D eigenvalue weighted by atomic mass is 35.5. The van der Waals surface area contributed by atoms with Crippen molar-refractivity contribution in [2.75, 3.05) is 5.43 Å². The molecule has 10 nitrogen and oxygen atoms in total. The number of imidazole rings is 2. The Bertz CT molecular complexity index is 1840. The second-order valence-corrected chi connectivity index (χ2v) is 9.98. The van der Waals surface area contributed by atoms with Crippen molar-refractivity contribution in [3.63, 3.8) is 0 Å². The van der Waals surface area contributed by atoms with Gasteiger partial charge in [-0.2, -0.15) is 5.10 Å². The maximum atomic E-state index is 6.03. The Morgan fingerprint density at radius 2 is 1.05 bits per heavy atom. The molecule has 0 saturated carbocycles. The lowest BCUT2D eigenvalue weighted by atomic mass is 10.2. The van der Waals surface area contributed by atoms with E-state index in [9.17, 15) is 0 Å². The molecule has 0 spiro atoms. The van der Waals surface area contributed by atoms with Gasteiger partial charge in [-0.15, -0.1) is 20.5 Å². The smallest absolute Gasteiger partial charge is 0.198 e. The summed E-state index contributed by atoms with van der Waals surface area (Å²) in [7, 11) is 0. The van der Waals surface area contributed by atoms with Crippen LogP contribution in [0.3, 0.4) is 0 Å². The van der Waals surface area contributed by atoms with E-state index in [0.717, 1.165) is 11.3 Å². The number of nitrogens with zero attached hydrogens (tertiary/aromatic N) is 9. The molecular formula is C28H22Cl2N10. The van der Waals surface area contributed by atoms with Crippen LogP contribution in [0.5, 0.6) is 0 Å². The summed E-state index contributed by atoms with van der Waals surface area (Å²) in [6.07, 6.45) is 0. The largest absolute Gasteiger partial charge is 0.278 e. The number of benzene rings is 3. The highest BCUT2D eigenvalue weighted by molar-refractivity contribution is 6.30. The molecule has 0 aliphatic rings. The van der Waals surface area contributed by atoms with Gasteiger partial charge in [0, 0.05) is 10.0 Å². The first kappa shape index (κ1) is 25.6. The lowest BCUT2D eigenvalue weighted by Crippen LogP contribution is -2.06. The Hall–Kier alpha value is -4.67. The number of halogens is 2. The fourth-order valence-electron chi connectivity index (χ4n) is 4.11. The maximum absolute atomic E-state index is 6.03. The van der Waals surface area contributed by atoms with Crippen LogP contribution in [-0.2, 0) is 0 Å². The molecule has 0 amide bonds. The van der Waals surface area contributed by atoms with E-state index in [1.807, 2.05) is 45.0 Å². The van der Waals surface area contributed by atoms with E-state index in [-0.39, 0.29) is 0 Å². The lowest BCUT2D eigenvalue weighted by molar-refractivity contribution is 0.859. The summed E-state index contributed by atoms with van der Waals surface area (Å²) in [4.78, 5) is 9.56. The third-order valence-electron chi connectivity index (χ3n) is 6.14. The van der Waals surface area contributed by atoms with E-state index in [1.54, 1.807) is 57.6 Å². The zero-order valence-corrected chi connectivity index (χ0v) is 23.2. The molecule has 0 radical (unpaired) electrons. The van der Waals surface area contributed by atoms with Crippen molar-refractivity contribution in [3.05, 3.63) is 105 Å². The fraction of sp³-hybridized carbons (Fsp3) is 0.107. The van der Waals surface area contributed by atoms with Crippen molar-refractivity contribution in [2.24, 2.45) is 25.6 Å². The molecule has 198 valence electrons. The van der Waals surface area contributed by atoms with Gasteiger partial charge in [-0.05, 0) is 81.4 Å². The monoisotopic (exact) mass is 568 g/mol. The molecule has 12 heteroatoms. The molecule has 0 aliphatic heterocycles. The van der Waals surface area contributed by atoms with Gasteiger partial charge in [0.15, 0.2) is 28.3 Å². The van der Waals surface area contributed by atoms with E-state index in [2.05, 4.69) is 25.9 Å². The predicted molar refractivity (Wildman–Crippen MR) is 156 cm³/mol. The van der Waals surface area contributed by atoms with Crippen molar-refractivity contribution in [3.8, 4) is 0 Å². The number of fused-ring (bicyclic) bond motifs is 3. The van der Waals surface area contributed by atoms with Crippen LogP contribution in [0.1, 0.15) is 17.0 Å². The van der Waals surface area contributed by atoms with Crippen LogP contribution >= 0.6 is 23.2 Å². The Kier molecular flexibility index (Phi) is 6.71. The highest BCUT2D eigenvalue weighted by Gasteiger charge is 2.23. The van der Waals surface area contributed by atoms with Crippen LogP contribution in [0.15, 0.2) is 98.4 Å². The average molecular weight is 569 g/mol. The van der Waals surface area contributed by atoms with Crippen molar-refractivity contribution in [1.82, 2.24) is 19.0 Å². The number of azo groups is 2. The first-order chi connectivity index (χ1) is 19.4. The molecule has 1 N–H and O–H groups in total. The summed E-state index contributed by atoms with van der Waals surface area (Å²) in [5, 5.41) is 24.4. The number of aryl methyl sites for hydroxylation is 3. The summed E-state index contributed by atoms with van der Waals surface area (Å²) in [6, 6.07) is 22.2. The molecule has 40 heavy (non-hydrogen) atoms. The first-order valence-electron chi connectivity index (χ1n) is 12.3. The van der Waals surface area contributed by atoms with E-state index >= 15 is 0 Å². The van der Waals surface area contributed by atoms with Crippen LogP contribution < -0.4 is 10.8 Å². The van der Waals surface area contributed by atoms with Gasteiger partial charge in [0.1, 0.15) is 0 Å². The van der Waals surface area contributed by atoms with Crippen molar-refractivity contribution < 1.29 is 0 Å². The number of nitrogens with one attached hydrogen (secondary N) is 1. The summed E-state index contributed by atoms with van der Waals surface area (Å²) in [5.41, 5.74) is 8.83. The maximum Gasteiger partial charge on any atom is 0.198 e. The van der Waals surface area contributed by atoms with Crippen LogP contribution in [-0.4, -0.2) is 19.0 Å². The summed E-state index contributed by atoms with van der Waals surface area (Å²) in [5.74, 6) is 1.01. The van der Waals surface area contributed by atoms with Crippen molar-refractivity contribution in [1.29, 1.82) is 0 Å². The molecule has 0 saturated heterocycles. The molecule has 3 aromatic carbocycles. The Balaban J connectivity index is 1.55. The van der Waals surface area contributed by atoms with Gasteiger partial charge < -0.3 is 0 Å². The number of aromatic nitrogens is 4. The van der Waals surface area contributed by atoms with E-state index in [0.29, 0.717) is 61.1 Å².